The second-order valence-electron chi connectivity index (χ2n) is 5.67. The first kappa shape index (κ1) is 11.5. The highest BCUT2D eigenvalue weighted by molar-refractivity contribution is 4.90. The van der Waals surface area contributed by atoms with Gasteiger partial charge < -0.3 is 15.0 Å². The molecule has 96 valence electrons. The topological polar surface area (TPSA) is 24.5 Å². The predicted molar refractivity (Wildman–Crippen MR) is 68.9 cm³/mol. The van der Waals surface area contributed by atoms with Crippen LogP contribution in [0.3, 0.4) is 0 Å². The zero-order valence-electron chi connectivity index (χ0n) is 10.6. The largest absolute Gasteiger partial charge is 0.497 e. The van der Waals surface area contributed by atoms with Gasteiger partial charge in [-0.1, -0.05) is 0 Å². The van der Waals surface area contributed by atoms with Gasteiger partial charge in [0.05, 0.1) is 6.26 Å². The monoisotopic (exact) mass is 236 g/mol. The fraction of sp³-hybridized carbons (Fsp3) is 0.857. The van der Waals surface area contributed by atoms with Crippen LogP contribution in [0.1, 0.15) is 38.5 Å². The summed E-state index contributed by atoms with van der Waals surface area (Å²) in [4.78, 5) is 2.68. The smallest absolute Gasteiger partial charge is 0.110 e. The van der Waals surface area contributed by atoms with E-state index in [1.807, 2.05) is 6.26 Å². The molecule has 3 aliphatic heterocycles. The molecule has 0 aromatic heterocycles. The zero-order valence-corrected chi connectivity index (χ0v) is 10.6. The van der Waals surface area contributed by atoms with Crippen LogP contribution in [0.15, 0.2) is 12.3 Å². The van der Waals surface area contributed by atoms with Crippen molar-refractivity contribution in [1.29, 1.82) is 0 Å². The van der Waals surface area contributed by atoms with Crippen LogP contribution in [0, 0.1) is 0 Å². The van der Waals surface area contributed by atoms with Crippen molar-refractivity contribution >= 4 is 0 Å². The van der Waals surface area contributed by atoms with E-state index in [0.717, 1.165) is 18.6 Å². The van der Waals surface area contributed by atoms with E-state index in [4.69, 9.17) is 4.74 Å². The van der Waals surface area contributed by atoms with Crippen molar-refractivity contribution in [2.45, 2.75) is 56.7 Å². The first-order valence-corrected chi connectivity index (χ1v) is 7.20. The Bertz CT molecular complexity index is 279. The molecule has 3 rings (SSSR count). The first-order valence-electron chi connectivity index (χ1n) is 7.20. The molecular weight excluding hydrogens is 212 g/mol. The maximum absolute atomic E-state index is 5.60. The number of piperidine rings is 1. The minimum Gasteiger partial charge on any atom is -0.497 e. The van der Waals surface area contributed by atoms with Crippen LogP contribution in [-0.2, 0) is 4.74 Å². The van der Waals surface area contributed by atoms with E-state index >= 15 is 0 Å². The van der Waals surface area contributed by atoms with E-state index in [0.29, 0.717) is 6.10 Å². The molecule has 0 aromatic carbocycles. The fourth-order valence-electron chi connectivity index (χ4n) is 3.44. The van der Waals surface area contributed by atoms with E-state index in [1.54, 1.807) is 0 Å². The quantitative estimate of drug-likeness (QED) is 0.810. The van der Waals surface area contributed by atoms with Gasteiger partial charge in [-0.2, -0.15) is 0 Å². The van der Waals surface area contributed by atoms with Gasteiger partial charge in [0.15, 0.2) is 0 Å². The summed E-state index contributed by atoms with van der Waals surface area (Å²) in [5.74, 6) is 0. The van der Waals surface area contributed by atoms with Gasteiger partial charge in [-0.3, -0.25) is 0 Å². The van der Waals surface area contributed by atoms with Crippen LogP contribution in [0.5, 0.6) is 0 Å². The van der Waals surface area contributed by atoms with Gasteiger partial charge in [0, 0.05) is 18.6 Å². The van der Waals surface area contributed by atoms with Crippen LogP contribution in [0.25, 0.3) is 0 Å². The van der Waals surface area contributed by atoms with Gasteiger partial charge in [0.25, 0.3) is 0 Å². The summed E-state index contributed by atoms with van der Waals surface area (Å²) in [6.07, 6.45) is 12.2. The molecule has 17 heavy (non-hydrogen) atoms. The van der Waals surface area contributed by atoms with E-state index < -0.39 is 0 Å². The van der Waals surface area contributed by atoms with Crippen LogP contribution in [0.4, 0.5) is 0 Å². The highest BCUT2D eigenvalue weighted by Gasteiger charge is 2.31. The lowest BCUT2D eigenvalue weighted by atomic mass is 9.97. The Hall–Kier alpha value is -0.540. The second-order valence-corrected chi connectivity index (χ2v) is 5.67. The Kier molecular flexibility index (Phi) is 3.67. The summed E-state index contributed by atoms with van der Waals surface area (Å²) < 4.78 is 5.60. The summed E-state index contributed by atoms with van der Waals surface area (Å²) in [5, 5.41) is 3.72. The molecule has 0 saturated carbocycles. The minimum absolute atomic E-state index is 0.404. The number of hydrogen-bond acceptors (Lipinski definition) is 3. The molecule has 0 amide bonds. The van der Waals surface area contributed by atoms with Crippen molar-refractivity contribution in [2.24, 2.45) is 0 Å². The zero-order chi connectivity index (χ0) is 11.5. The third kappa shape index (κ3) is 2.83. The maximum Gasteiger partial charge on any atom is 0.110 e. The number of nitrogens with zero attached hydrogens (tertiary/aromatic N) is 1. The van der Waals surface area contributed by atoms with Crippen LogP contribution in [0.2, 0.25) is 0 Å². The van der Waals surface area contributed by atoms with Crippen molar-refractivity contribution in [3.05, 3.63) is 12.3 Å². The molecule has 3 atom stereocenters. The number of fused-ring (bicyclic) bond motifs is 1. The number of hydrogen-bond donors (Lipinski definition) is 1. The van der Waals surface area contributed by atoms with Crippen molar-refractivity contribution in [3.8, 4) is 0 Å². The summed E-state index contributed by atoms with van der Waals surface area (Å²) in [6.45, 7) is 3.67. The molecule has 3 nitrogen and oxygen atoms in total. The molecule has 3 aliphatic rings. The molecule has 0 radical (unpaired) electrons. The third-order valence-corrected chi connectivity index (χ3v) is 4.48. The van der Waals surface area contributed by atoms with Gasteiger partial charge in [-0.15, -0.1) is 0 Å². The molecule has 0 bridgehead atoms. The van der Waals surface area contributed by atoms with E-state index in [9.17, 15) is 0 Å². The SMILES string of the molecule is C1=COC(CNC2CCN3CCCC3C2)CC1. The van der Waals surface area contributed by atoms with Gasteiger partial charge in [0.2, 0.25) is 0 Å². The van der Waals surface area contributed by atoms with E-state index in [-0.39, 0.29) is 0 Å². The lowest BCUT2D eigenvalue weighted by molar-refractivity contribution is 0.108. The predicted octanol–water partition coefficient (Wildman–Crippen LogP) is 1.90. The molecule has 0 aliphatic carbocycles. The van der Waals surface area contributed by atoms with E-state index in [1.165, 1.54) is 51.6 Å². The van der Waals surface area contributed by atoms with Crippen molar-refractivity contribution in [3.63, 3.8) is 0 Å². The Balaban J connectivity index is 1.41. The standard InChI is InChI=1S/C14H24N2O/c1-2-9-17-14(5-1)11-15-12-6-8-16-7-3-4-13(16)10-12/h2,9,12-15H,1,3-8,10-11H2. The number of rotatable bonds is 3. The van der Waals surface area contributed by atoms with Gasteiger partial charge in [0.1, 0.15) is 6.10 Å². The van der Waals surface area contributed by atoms with E-state index in [2.05, 4.69) is 16.3 Å². The summed E-state index contributed by atoms with van der Waals surface area (Å²) in [5.41, 5.74) is 0. The third-order valence-electron chi connectivity index (χ3n) is 4.48. The molecule has 3 heterocycles. The van der Waals surface area contributed by atoms with Crippen LogP contribution >= 0.6 is 0 Å². The normalized spacial score (nSPS) is 37.8. The lowest BCUT2D eigenvalue weighted by Crippen LogP contribution is -2.47. The molecule has 0 aromatic rings. The molecule has 3 heteroatoms. The number of nitrogens with one attached hydrogen (secondary N) is 1. The van der Waals surface area contributed by atoms with Crippen molar-refractivity contribution < 1.29 is 4.74 Å². The highest BCUT2D eigenvalue weighted by Crippen LogP contribution is 2.26. The molecule has 2 saturated heterocycles. The second kappa shape index (κ2) is 5.40. The first-order chi connectivity index (χ1) is 8.42. The Labute approximate surface area is 104 Å². The Morgan fingerprint density at radius 1 is 1.24 bits per heavy atom. The molecule has 1 N–H and O–H groups in total. The van der Waals surface area contributed by atoms with Crippen molar-refractivity contribution in [1.82, 2.24) is 10.2 Å². The molecule has 3 unspecified atom stereocenters. The van der Waals surface area contributed by atoms with Gasteiger partial charge in [-0.05, 0) is 57.7 Å². The molecular formula is C14H24N2O. The lowest BCUT2D eigenvalue weighted by Gasteiger charge is -2.36. The Morgan fingerprint density at radius 2 is 2.24 bits per heavy atom. The summed E-state index contributed by atoms with van der Waals surface area (Å²) in [7, 11) is 0. The highest BCUT2D eigenvalue weighted by atomic mass is 16.5. The van der Waals surface area contributed by atoms with Crippen molar-refractivity contribution in [2.75, 3.05) is 19.6 Å². The number of ether oxygens (including phenoxy) is 1. The fourth-order valence-corrected chi connectivity index (χ4v) is 3.44. The average molecular weight is 236 g/mol. The summed E-state index contributed by atoms with van der Waals surface area (Å²) >= 11 is 0. The van der Waals surface area contributed by atoms with Crippen LogP contribution in [-0.4, -0.2) is 42.7 Å². The maximum atomic E-state index is 5.60. The Morgan fingerprint density at radius 3 is 3.12 bits per heavy atom. The van der Waals surface area contributed by atoms with Gasteiger partial charge in [-0.25, -0.2) is 0 Å². The average Bonchev–Trinajstić information content (AvgIpc) is 2.85. The number of allylic oxidation sites excluding steroid dienone is 1. The van der Waals surface area contributed by atoms with Crippen LogP contribution < -0.4 is 5.32 Å². The summed E-state index contributed by atoms with van der Waals surface area (Å²) in [6, 6.07) is 1.59. The molecule has 0 spiro atoms. The minimum atomic E-state index is 0.404. The molecule has 2 fully saturated rings. The van der Waals surface area contributed by atoms with Gasteiger partial charge >= 0.3 is 0 Å².